The molecule has 8 heteroatoms. The molecule has 0 radical (unpaired) electrons. The summed E-state index contributed by atoms with van der Waals surface area (Å²) in [5, 5.41) is 0. The van der Waals surface area contributed by atoms with Gasteiger partial charge >= 0.3 is 12.4 Å². The molecular weight excluding hydrogens is 358 g/mol. The zero-order valence-electron chi connectivity index (χ0n) is 13.7. The van der Waals surface area contributed by atoms with E-state index in [-0.39, 0.29) is 22.5 Å². The first-order chi connectivity index (χ1) is 12.0. The van der Waals surface area contributed by atoms with Crippen molar-refractivity contribution in [1.82, 2.24) is 9.97 Å². The van der Waals surface area contributed by atoms with E-state index in [4.69, 9.17) is 0 Å². The number of benzene rings is 1. The lowest BCUT2D eigenvalue weighted by Gasteiger charge is -2.18. The first-order valence-corrected chi connectivity index (χ1v) is 7.61. The van der Waals surface area contributed by atoms with Crippen molar-refractivity contribution in [1.29, 1.82) is 0 Å². The molecule has 3 rings (SSSR count). The second-order valence-electron chi connectivity index (χ2n) is 6.01. The maximum Gasteiger partial charge on any atom is 0.418 e. The van der Waals surface area contributed by atoms with Crippen molar-refractivity contribution >= 4 is 0 Å². The van der Waals surface area contributed by atoms with Crippen molar-refractivity contribution in [3.05, 3.63) is 58.9 Å². The molecule has 0 saturated heterocycles. The van der Waals surface area contributed by atoms with Crippen LogP contribution in [0.5, 0.6) is 0 Å². The summed E-state index contributed by atoms with van der Waals surface area (Å²) >= 11 is 0. The van der Waals surface area contributed by atoms with Gasteiger partial charge in [0.2, 0.25) is 0 Å². The van der Waals surface area contributed by atoms with Crippen molar-refractivity contribution in [2.24, 2.45) is 0 Å². The second kappa shape index (κ2) is 5.96. The van der Waals surface area contributed by atoms with E-state index in [9.17, 15) is 26.3 Å². The highest BCUT2D eigenvalue weighted by atomic mass is 19.4. The van der Waals surface area contributed by atoms with Gasteiger partial charge in [-0.25, -0.2) is 0 Å². The number of aromatic amines is 2. The molecule has 0 aliphatic heterocycles. The molecule has 2 nitrogen and oxygen atoms in total. The Morgan fingerprint density at radius 1 is 0.654 bits per heavy atom. The van der Waals surface area contributed by atoms with Gasteiger partial charge in [0, 0.05) is 29.2 Å². The molecule has 26 heavy (non-hydrogen) atoms. The van der Waals surface area contributed by atoms with Crippen LogP contribution in [0.3, 0.4) is 0 Å². The number of hydrogen-bond acceptors (Lipinski definition) is 0. The van der Waals surface area contributed by atoms with Crippen molar-refractivity contribution in [3.8, 4) is 22.5 Å². The summed E-state index contributed by atoms with van der Waals surface area (Å²) in [6, 6.07) is 4.47. The molecule has 0 fully saturated rings. The number of H-pyrrole nitrogens is 2. The normalized spacial score (nSPS) is 12.6. The quantitative estimate of drug-likeness (QED) is 0.493. The molecule has 0 amide bonds. The Bertz CT molecular complexity index is 943. The van der Waals surface area contributed by atoms with Gasteiger partial charge in [-0.05, 0) is 49.2 Å². The van der Waals surface area contributed by atoms with Crippen molar-refractivity contribution in [3.63, 3.8) is 0 Å². The summed E-state index contributed by atoms with van der Waals surface area (Å²) in [5.74, 6) is 0. The van der Waals surface area contributed by atoms with E-state index in [1.807, 2.05) is 0 Å². The fraction of sp³-hybridized carbons (Fsp3) is 0.222. The van der Waals surface area contributed by atoms with E-state index in [1.165, 1.54) is 19.2 Å². The Morgan fingerprint density at radius 3 is 1.77 bits per heavy atom. The topological polar surface area (TPSA) is 31.6 Å². The molecule has 0 aliphatic carbocycles. The lowest BCUT2D eigenvalue weighted by atomic mass is 9.93. The first kappa shape index (κ1) is 18.2. The Hall–Kier alpha value is -2.64. The minimum atomic E-state index is -4.72. The predicted molar refractivity (Wildman–Crippen MR) is 85.5 cm³/mol. The maximum atomic E-state index is 13.6. The Morgan fingerprint density at radius 2 is 1.23 bits per heavy atom. The Balaban J connectivity index is 2.28. The number of rotatable bonds is 2. The number of halogens is 6. The highest BCUT2D eigenvalue weighted by Gasteiger charge is 2.38. The van der Waals surface area contributed by atoms with Crippen LogP contribution in [0.15, 0.2) is 36.7 Å². The average molecular weight is 372 g/mol. The molecule has 0 bridgehead atoms. The molecule has 2 N–H and O–H groups in total. The highest BCUT2D eigenvalue weighted by Crippen LogP contribution is 2.43. The molecule has 2 aromatic heterocycles. The highest BCUT2D eigenvalue weighted by molar-refractivity contribution is 5.77. The third-order valence-corrected chi connectivity index (χ3v) is 4.22. The third kappa shape index (κ3) is 3.11. The van der Waals surface area contributed by atoms with Crippen LogP contribution in [0.2, 0.25) is 0 Å². The molecule has 1 aromatic carbocycles. The van der Waals surface area contributed by atoms with Crippen LogP contribution in [0.25, 0.3) is 22.5 Å². The Kier molecular flexibility index (Phi) is 4.17. The number of aryl methyl sites for hydroxylation is 2. The van der Waals surface area contributed by atoms with Gasteiger partial charge in [-0.1, -0.05) is 0 Å². The van der Waals surface area contributed by atoms with Gasteiger partial charge in [-0.2, -0.15) is 26.3 Å². The van der Waals surface area contributed by atoms with Crippen LogP contribution in [0.1, 0.15) is 22.3 Å². The monoisotopic (exact) mass is 372 g/mol. The molecule has 0 atom stereocenters. The van der Waals surface area contributed by atoms with Crippen LogP contribution >= 0.6 is 0 Å². The minimum absolute atomic E-state index is 0.0960. The van der Waals surface area contributed by atoms with Crippen molar-refractivity contribution < 1.29 is 26.3 Å². The van der Waals surface area contributed by atoms with Crippen LogP contribution in [-0.4, -0.2) is 9.97 Å². The fourth-order valence-corrected chi connectivity index (χ4v) is 2.98. The smallest absolute Gasteiger partial charge is 0.361 e. The summed E-state index contributed by atoms with van der Waals surface area (Å²) in [6.45, 7) is 3.14. The van der Waals surface area contributed by atoms with Gasteiger partial charge in [0.1, 0.15) is 0 Å². The average Bonchev–Trinajstić information content (AvgIpc) is 3.13. The molecular formula is C18H14F6N2. The number of nitrogens with one attached hydrogen (secondary N) is 2. The van der Waals surface area contributed by atoms with E-state index < -0.39 is 23.5 Å². The second-order valence-corrected chi connectivity index (χ2v) is 6.01. The van der Waals surface area contributed by atoms with E-state index in [0.29, 0.717) is 11.1 Å². The zero-order chi connectivity index (χ0) is 19.3. The molecule has 0 unspecified atom stereocenters. The standard InChI is InChI=1S/C18H14F6N2/c1-9-3-5-25-15(9)12-7-10(2)11(8-14(12)18(22,23)24)16-13(4-6-26-16)17(19,20)21/h3-8,25-26H,1-2H3. The van der Waals surface area contributed by atoms with Crippen LogP contribution < -0.4 is 0 Å². The zero-order valence-corrected chi connectivity index (χ0v) is 13.7. The maximum absolute atomic E-state index is 13.6. The summed E-state index contributed by atoms with van der Waals surface area (Å²) in [4.78, 5) is 5.18. The van der Waals surface area contributed by atoms with E-state index >= 15 is 0 Å². The first-order valence-electron chi connectivity index (χ1n) is 7.61. The predicted octanol–water partition coefficient (Wildman–Crippen LogP) is 6.33. The minimum Gasteiger partial charge on any atom is -0.361 e. The third-order valence-electron chi connectivity index (χ3n) is 4.22. The fourth-order valence-electron chi connectivity index (χ4n) is 2.98. The molecule has 3 aromatic rings. The van der Waals surface area contributed by atoms with Crippen LogP contribution in [0, 0.1) is 13.8 Å². The SMILES string of the molecule is Cc1cc(-c2[nH]ccc2C)c(C(F)(F)F)cc1-c1[nH]ccc1C(F)(F)F. The van der Waals surface area contributed by atoms with E-state index in [1.54, 1.807) is 13.0 Å². The van der Waals surface area contributed by atoms with Crippen LogP contribution in [-0.2, 0) is 12.4 Å². The summed E-state index contributed by atoms with van der Waals surface area (Å²) in [6.07, 6.45) is -6.82. The molecule has 0 spiro atoms. The van der Waals surface area contributed by atoms with Gasteiger partial charge < -0.3 is 9.97 Å². The Labute approximate surface area is 144 Å². The molecule has 138 valence electrons. The van der Waals surface area contributed by atoms with Crippen molar-refractivity contribution in [2.75, 3.05) is 0 Å². The van der Waals surface area contributed by atoms with Gasteiger partial charge in [-0.15, -0.1) is 0 Å². The van der Waals surface area contributed by atoms with Crippen molar-refractivity contribution in [2.45, 2.75) is 26.2 Å². The van der Waals surface area contributed by atoms with Gasteiger partial charge in [0.15, 0.2) is 0 Å². The van der Waals surface area contributed by atoms with E-state index in [2.05, 4.69) is 9.97 Å². The molecule has 2 heterocycles. The lowest BCUT2D eigenvalue weighted by molar-refractivity contribution is -0.137. The van der Waals surface area contributed by atoms with Gasteiger partial charge in [0.05, 0.1) is 16.8 Å². The van der Waals surface area contributed by atoms with E-state index in [0.717, 1.165) is 18.3 Å². The lowest BCUT2D eigenvalue weighted by Crippen LogP contribution is -2.10. The largest absolute Gasteiger partial charge is 0.418 e. The summed E-state index contributed by atoms with van der Waals surface area (Å²) in [7, 11) is 0. The number of aromatic nitrogens is 2. The summed E-state index contributed by atoms with van der Waals surface area (Å²) in [5.41, 5.74) is -1.41. The van der Waals surface area contributed by atoms with Gasteiger partial charge in [0.25, 0.3) is 0 Å². The number of alkyl halides is 6. The summed E-state index contributed by atoms with van der Waals surface area (Å²) < 4.78 is 80.3. The molecule has 0 aliphatic rings. The molecule has 0 saturated carbocycles. The van der Waals surface area contributed by atoms with Gasteiger partial charge in [-0.3, -0.25) is 0 Å². The number of hydrogen-bond donors (Lipinski definition) is 2. The van der Waals surface area contributed by atoms with Crippen LogP contribution in [0.4, 0.5) is 26.3 Å².